The smallest absolute Gasteiger partial charge is 0.234 e. The normalized spacial score (nSPS) is 17.1. The summed E-state index contributed by atoms with van der Waals surface area (Å²) in [6, 6.07) is 3.83. The second-order valence-electron chi connectivity index (χ2n) is 3.77. The van der Waals surface area contributed by atoms with E-state index in [2.05, 4.69) is 26.7 Å². The van der Waals surface area contributed by atoms with E-state index in [9.17, 15) is 0 Å². The number of anilines is 1. The van der Waals surface area contributed by atoms with Crippen molar-refractivity contribution < 1.29 is 0 Å². The lowest BCUT2D eigenvalue weighted by molar-refractivity contribution is 0.270. The maximum absolute atomic E-state index is 8.74. The van der Waals surface area contributed by atoms with Gasteiger partial charge in [-0.3, -0.25) is 0 Å². The fourth-order valence-corrected chi connectivity index (χ4v) is 1.87. The van der Waals surface area contributed by atoms with Gasteiger partial charge in [0, 0.05) is 32.4 Å². The average molecular weight is 217 g/mol. The van der Waals surface area contributed by atoms with E-state index in [-0.39, 0.29) is 5.82 Å². The number of hydrogen-bond donors (Lipinski definition) is 0. The molecule has 0 spiro atoms. The third-order valence-corrected chi connectivity index (χ3v) is 2.88. The van der Waals surface area contributed by atoms with Gasteiger partial charge in [0.05, 0.1) is 0 Å². The molecule has 1 aliphatic heterocycles. The summed E-state index contributed by atoms with van der Waals surface area (Å²) in [5, 5.41) is 8.74. The van der Waals surface area contributed by atoms with E-state index < -0.39 is 0 Å². The second kappa shape index (κ2) is 4.90. The van der Waals surface area contributed by atoms with Gasteiger partial charge in [-0.1, -0.05) is 6.92 Å². The topological polar surface area (TPSA) is 56.0 Å². The number of nitrogens with zero attached hydrogens (tertiary/aromatic N) is 5. The van der Waals surface area contributed by atoms with E-state index in [0.717, 1.165) is 38.5 Å². The minimum Gasteiger partial charge on any atom is -0.354 e. The van der Waals surface area contributed by atoms with Crippen molar-refractivity contribution in [2.75, 3.05) is 37.6 Å². The van der Waals surface area contributed by atoms with Crippen LogP contribution >= 0.6 is 0 Å². The lowest BCUT2D eigenvalue weighted by atomic mass is 10.3. The molecule has 0 radical (unpaired) electrons. The van der Waals surface area contributed by atoms with Crippen LogP contribution in [0.15, 0.2) is 12.3 Å². The summed E-state index contributed by atoms with van der Waals surface area (Å²) in [6.45, 7) is 7.32. The van der Waals surface area contributed by atoms with E-state index in [4.69, 9.17) is 5.26 Å². The Balaban J connectivity index is 2.05. The van der Waals surface area contributed by atoms with Crippen molar-refractivity contribution in [1.82, 2.24) is 14.9 Å². The van der Waals surface area contributed by atoms with Crippen molar-refractivity contribution in [3.05, 3.63) is 18.1 Å². The molecule has 1 saturated heterocycles. The highest BCUT2D eigenvalue weighted by Gasteiger charge is 2.16. The summed E-state index contributed by atoms with van der Waals surface area (Å²) in [7, 11) is 0. The Morgan fingerprint density at radius 1 is 1.38 bits per heavy atom. The van der Waals surface area contributed by atoms with Crippen LogP contribution in [-0.4, -0.2) is 47.6 Å². The molecule has 1 aromatic rings. The van der Waals surface area contributed by atoms with Crippen molar-refractivity contribution in [3.8, 4) is 6.07 Å². The maximum atomic E-state index is 8.74. The molecule has 84 valence electrons. The van der Waals surface area contributed by atoms with Crippen molar-refractivity contribution in [2.45, 2.75) is 6.92 Å². The van der Waals surface area contributed by atoms with Gasteiger partial charge >= 0.3 is 0 Å². The van der Waals surface area contributed by atoms with Gasteiger partial charge in [0.15, 0.2) is 0 Å². The molecule has 0 N–H and O–H groups in total. The van der Waals surface area contributed by atoms with Gasteiger partial charge in [0.1, 0.15) is 11.9 Å². The van der Waals surface area contributed by atoms with E-state index in [1.807, 2.05) is 12.1 Å². The first-order chi connectivity index (χ1) is 7.83. The molecule has 1 aliphatic rings. The van der Waals surface area contributed by atoms with Crippen LogP contribution in [0.25, 0.3) is 0 Å². The third-order valence-electron chi connectivity index (χ3n) is 2.88. The Morgan fingerprint density at radius 3 is 2.75 bits per heavy atom. The van der Waals surface area contributed by atoms with Crippen LogP contribution in [0, 0.1) is 11.3 Å². The molecule has 2 heterocycles. The van der Waals surface area contributed by atoms with E-state index >= 15 is 0 Å². The number of nitriles is 1. The minimum absolute atomic E-state index is 0.246. The molecule has 5 nitrogen and oxygen atoms in total. The molecule has 0 bridgehead atoms. The quantitative estimate of drug-likeness (QED) is 0.721. The Morgan fingerprint density at radius 2 is 2.12 bits per heavy atom. The van der Waals surface area contributed by atoms with Crippen LogP contribution in [-0.2, 0) is 0 Å². The predicted molar refractivity (Wildman–Crippen MR) is 61.1 cm³/mol. The Labute approximate surface area is 95.3 Å². The second-order valence-corrected chi connectivity index (χ2v) is 3.77. The van der Waals surface area contributed by atoms with Crippen LogP contribution < -0.4 is 4.90 Å². The van der Waals surface area contributed by atoms with E-state index in [0.29, 0.717) is 0 Å². The van der Waals surface area contributed by atoms with Crippen LogP contribution in [0.4, 0.5) is 5.82 Å². The first-order valence-electron chi connectivity index (χ1n) is 5.54. The summed E-state index contributed by atoms with van der Waals surface area (Å²) >= 11 is 0. The fraction of sp³-hybridized carbons (Fsp3) is 0.545. The molecule has 0 atom stereocenters. The SMILES string of the molecule is CCN1CCN(c2ccnc(C#N)n2)CC1. The van der Waals surface area contributed by atoms with Gasteiger partial charge in [-0.2, -0.15) is 5.26 Å². The van der Waals surface area contributed by atoms with Gasteiger partial charge < -0.3 is 9.80 Å². The van der Waals surface area contributed by atoms with Gasteiger partial charge in [-0.25, -0.2) is 9.97 Å². The molecule has 0 saturated carbocycles. The van der Waals surface area contributed by atoms with Gasteiger partial charge in [0.2, 0.25) is 5.82 Å². The van der Waals surface area contributed by atoms with Crippen molar-refractivity contribution in [2.24, 2.45) is 0 Å². The summed E-state index contributed by atoms with van der Waals surface area (Å²) in [6.07, 6.45) is 1.65. The van der Waals surface area contributed by atoms with E-state index in [1.54, 1.807) is 6.20 Å². The van der Waals surface area contributed by atoms with E-state index in [1.165, 1.54) is 0 Å². The summed E-state index contributed by atoms with van der Waals surface area (Å²) in [5.41, 5.74) is 0. The number of rotatable bonds is 2. The number of likely N-dealkylation sites (N-methyl/N-ethyl adjacent to an activating group) is 1. The van der Waals surface area contributed by atoms with Gasteiger partial charge in [0.25, 0.3) is 0 Å². The largest absolute Gasteiger partial charge is 0.354 e. The summed E-state index contributed by atoms with van der Waals surface area (Å²) in [5.74, 6) is 1.11. The third kappa shape index (κ3) is 2.28. The highest BCUT2D eigenvalue weighted by molar-refractivity contribution is 5.39. The van der Waals surface area contributed by atoms with Crippen molar-refractivity contribution in [3.63, 3.8) is 0 Å². The molecule has 0 amide bonds. The molecule has 0 aromatic carbocycles. The average Bonchev–Trinajstić information content (AvgIpc) is 2.39. The number of aromatic nitrogens is 2. The van der Waals surface area contributed by atoms with Gasteiger partial charge in [-0.05, 0) is 12.6 Å². The molecular formula is C11H15N5. The number of piperazine rings is 1. The highest BCUT2D eigenvalue weighted by atomic mass is 15.3. The van der Waals surface area contributed by atoms with Crippen LogP contribution in [0.2, 0.25) is 0 Å². The highest BCUT2D eigenvalue weighted by Crippen LogP contribution is 2.12. The number of hydrogen-bond acceptors (Lipinski definition) is 5. The summed E-state index contributed by atoms with van der Waals surface area (Å²) in [4.78, 5) is 12.7. The molecule has 0 unspecified atom stereocenters. The Bertz CT molecular complexity index is 390. The zero-order valence-electron chi connectivity index (χ0n) is 9.43. The molecule has 2 rings (SSSR count). The molecule has 1 aromatic heterocycles. The Kier molecular flexibility index (Phi) is 3.32. The maximum Gasteiger partial charge on any atom is 0.234 e. The van der Waals surface area contributed by atoms with Crippen LogP contribution in [0.3, 0.4) is 0 Å². The fourth-order valence-electron chi connectivity index (χ4n) is 1.87. The lowest BCUT2D eigenvalue weighted by Crippen LogP contribution is -2.46. The van der Waals surface area contributed by atoms with Crippen molar-refractivity contribution >= 4 is 5.82 Å². The monoisotopic (exact) mass is 217 g/mol. The van der Waals surface area contributed by atoms with Crippen molar-refractivity contribution in [1.29, 1.82) is 5.26 Å². The molecule has 16 heavy (non-hydrogen) atoms. The lowest BCUT2D eigenvalue weighted by Gasteiger charge is -2.34. The predicted octanol–water partition coefficient (Wildman–Crippen LogP) is 0.490. The zero-order chi connectivity index (χ0) is 11.4. The first-order valence-corrected chi connectivity index (χ1v) is 5.54. The van der Waals surface area contributed by atoms with Crippen LogP contribution in [0.5, 0.6) is 0 Å². The Hall–Kier alpha value is -1.67. The molecule has 5 heteroatoms. The first kappa shape index (κ1) is 10.8. The molecular weight excluding hydrogens is 202 g/mol. The van der Waals surface area contributed by atoms with Crippen LogP contribution in [0.1, 0.15) is 12.7 Å². The minimum atomic E-state index is 0.246. The molecule has 1 fully saturated rings. The standard InChI is InChI=1S/C11H15N5/c1-2-15-5-7-16(8-6-15)11-3-4-13-10(9-12)14-11/h3-4H,2,5-8H2,1H3. The molecule has 0 aliphatic carbocycles. The van der Waals surface area contributed by atoms with Gasteiger partial charge in [-0.15, -0.1) is 0 Å². The zero-order valence-corrected chi connectivity index (χ0v) is 9.43. The summed E-state index contributed by atoms with van der Waals surface area (Å²) < 4.78 is 0.